The SMILES string of the molecule is COc1cc(/C=N\NC(=O)C(=O)NCc2ccc3c(c2)OCO3)ccc1OCC(=O)Nc1ccc(Br)cc1C. The number of ether oxygens (including phenoxy) is 4. The Balaban J connectivity index is 1.25. The molecule has 0 aliphatic carbocycles. The lowest BCUT2D eigenvalue weighted by atomic mass is 10.2. The number of amides is 3. The zero-order valence-corrected chi connectivity index (χ0v) is 22.7. The molecule has 0 bridgehead atoms. The molecule has 1 aliphatic heterocycles. The fourth-order valence-corrected chi connectivity index (χ4v) is 3.99. The summed E-state index contributed by atoms with van der Waals surface area (Å²) >= 11 is 3.39. The summed E-state index contributed by atoms with van der Waals surface area (Å²) in [5.41, 5.74) is 5.09. The topological polar surface area (TPSA) is 137 Å². The molecular weight excluding hydrogens is 572 g/mol. The average Bonchev–Trinajstić information content (AvgIpc) is 3.40. The maximum atomic E-state index is 12.3. The molecular formula is C27H25BrN4O7. The summed E-state index contributed by atoms with van der Waals surface area (Å²) in [5.74, 6) is -0.169. The van der Waals surface area contributed by atoms with Gasteiger partial charge in [0.1, 0.15) is 0 Å². The molecule has 202 valence electrons. The van der Waals surface area contributed by atoms with Crippen molar-refractivity contribution in [2.24, 2.45) is 5.10 Å². The Kier molecular flexibility index (Phi) is 9.00. The zero-order chi connectivity index (χ0) is 27.8. The van der Waals surface area contributed by atoms with Crippen molar-refractivity contribution < 1.29 is 33.3 Å². The molecule has 0 unspecified atom stereocenters. The Morgan fingerprint density at radius 1 is 1.00 bits per heavy atom. The van der Waals surface area contributed by atoms with E-state index in [4.69, 9.17) is 18.9 Å². The van der Waals surface area contributed by atoms with Crippen LogP contribution in [0.4, 0.5) is 5.69 Å². The summed E-state index contributed by atoms with van der Waals surface area (Å²) in [6.07, 6.45) is 1.35. The van der Waals surface area contributed by atoms with E-state index in [9.17, 15) is 14.4 Å². The number of benzene rings is 3. The fourth-order valence-electron chi connectivity index (χ4n) is 3.51. The van der Waals surface area contributed by atoms with Crippen LogP contribution in [0.3, 0.4) is 0 Å². The quantitative estimate of drug-likeness (QED) is 0.196. The highest BCUT2D eigenvalue weighted by Crippen LogP contribution is 2.32. The number of anilines is 1. The third-order valence-corrected chi connectivity index (χ3v) is 5.98. The summed E-state index contributed by atoms with van der Waals surface area (Å²) < 4.78 is 22.4. The van der Waals surface area contributed by atoms with Crippen LogP contribution in [0.2, 0.25) is 0 Å². The molecule has 0 spiro atoms. The van der Waals surface area contributed by atoms with Crippen molar-refractivity contribution in [2.45, 2.75) is 13.5 Å². The first-order valence-electron chi connectivity index (χ1n) is 11.7. The highest BCUT2D eigenvalue weighted by molar-refractivity contribution is 9.10. The van der Waals surface area contributed by atoms with Crippen molar-refractivity contribution in [1.82, 2.24) is 10.7 Å². The van der Waals surface area contributed by atoms with Crippen LogP contribution in [-0.2, 0) is 20.9 Å². The van der Waals surface area contributed by atoms with Crippen molar-refractivity contribution >= 4 is 45.6 Å². The first-order valence-corrected chi connectivity index (χ1v) is 12.5. The van der Waals surface area contributed by atoms with Gasteiger partial charge in [0.25, 0.3) is 5.91 Å². The first kappa shape index (κ1) is 27.5. The third-order valence-electron chi connectivity index (χ3n) is 5.48. The van der Waals surface area contributed by atoms with Gasteiger partial charge < -0.3 is 29.6 Å². The van der Waals surface area contributed by atoms with E-state index >= 15 is 0 Å². The minimum absolute atomic E-state index is 0.131. The lowest BCUT2D eigenvalue weighted by molar-refractivity contribution is -0.139. The number of methoxy groups -OCH3 is 1. The smallest absolute Gasteiger partial charge is 0.329 e. The average molecular weight is 597 g/mol. The van der Waals surface area contributed by atoms with Crippen LogP contribution < -0.4 is 35.0 Å². The van der Waals surface area contributed by atoms with Crippen LogP contribution in [-0.4, -0.2) is 44.4 Å². The van der Waals surface area contributed by atoms with E-state index in [1.165, 1.54) is 13.3 Å². The third kappa shape index (κ3) is 7.48. The molecule has 3 aromatic rings. The second kappa shape index (κ2) is 12.8. The van der Waals surface area contributed by atoms with E-state index in [2.05, 4.69) is 37.1 Å². The number of carbonyl (C=O) groups is 3. The molecule has 3 aromatic carbocycles. The van der Waals surface area contributed by atoms with Crippen LogP contribution in [0.25, 0.3) is 0 Å². The number of hydrogen-bond acceptors (Lipinski definition) is 8. The highest BCUT2D eigenvalue weighted by atomic mass is 79.9. The Bertz CT molecular complexity index is 1430. The molecule has 11 nitrogen and oxygen atoms in total. The molecule has 0 radical (unpaired) electrons. The number of nitrogens with zero attached hydrogens (tertiary/aromatic N) is 1. The molecule has 1 heterocycles. The molecule has 0 aromatic heterocycles. The van der Waals surface area contributed by atoms with E-state index in [0.717, 1.165) is 15.6 Å². The van der Waals surface area contributed by atoms with Crippen LogP contribution in [0.5, 0.6) is 23.0 Å². The number of carbonyl (C=O) groups excluding carboxylic acids is 3. The molecule has 0 fully saturated rings. The molecule has 0 saturated carbocycles. The lowest BCUT2D eigenvalue weighted by Gasteiger charge is -2.12. The minimum Gasteiger partial charge on any atom is -0.493 e. The van der Waals surface area contributed by atoms with Gasteiger partial charge in [-0.3, -0.25) is 14.4 Å². The van der Waals surface area contributed by atoms with Gasteiger partial charge in [-0.1, -0.05) is 22.0 Å². The van der Waals surface area contributed by atoms with Gasteiger partial charge in [0, 0.05) is 16.7 Å². The van der Waals surface area contributed by atoms with Crippen molar-refractivity contribution in [2.75, 3.05) is 25.8 Å². The predicted molar refractivity (Wildman–Crippen MR) is 146 cm³/mol. The summed E-state index contributed by atoms with van der Waals surface area (Å²) in [6, 6.07) is 15.6. The van der Waals surface area contributed by atoms with Crippen LogP contribution in [0, 0.1) is 6.92 Å². The number of fused-ring (bicyclic) bond motifs is 1. The second-order valence-corrected chi connectivity index (χ2v) is 9.19. The number of halogens is 1. The van der Waals surface area contributed by atoms with Gasteiger partial charge >= 0.3 is 11.8 Å². The standard InChI is InChI=1S/C27H25BrN4O7/c1-16-9-19(28)5-6-20(16)31-25(33)14-37-21-7-4-18(10-23(21)36-2)13-30-32-27(35)26(34)29-12-17-3-8-22-24(11-17)39-15-38-22/h3-11,13H,12,14-15H2,1-2H3,(H,29,34)(H,31,33)(H,32,35)/b30-13-. The van der Waals surface area contributed by atoms with E-state index in [0.29, 0.717) is 34.2 Å². The fraction of sp³-hybridized carbons (Fsp3) is 0.185. The van der Waals surface area contributed by atoms with Crippen LogP contribution >= 0.6 is 15.9 Å². The largest absolute Gasteiger partial charge is 0.493 e. The Morgan fingerprint density at radius 3 is 2.62 bits per heavy atom. The summed E-state index contributed by atoms with van der Waals surface area (Å²) in [7, 11) is 1.46. The molecule has 3 N–H and O–H groups in total. The maximum Gasteiger partial charge on any atom is 0.329 e. The van der Waals surface area contributed by atoms with Gasteiger partial charge in [0.05, 0.1) is 13.3 Å². The number of aryl methyl sites for hydroxylation is 1. The monoisotopic (exact) mass is 596 g/mol. The Morgan fingerprint density at radius 2 is 1.82 bits per heavy atom. The van der Waals surface area contributed by atoms with Gasteiger partial charge in [-0.05, 0) is 72.1 Å². The van der Waals surface area contributed by atoms with Gasteiger partial charge in [0.2, 0.25) is 6.79 Å². The van der Waals surface area contributed by atoms with E-state index in [-0.39, 0.29) is 25.9 Å². The molecule has 4 rings (SSSR count). The van der Waals surface area contributed by atoms with E-state index in [1.807, 2.05) is 19.1 Å². The van der Waals surface area contributed by atoms with Crippen molar-refractivity contribution in [1.29, 1.82) is 0 Å². The van der Waals surface area contributed by atoms with Gasteiger partial charge in [0.15, 0.2) is 29.6 Å². The second-order valence-electron chi connectivity index (χ2n) is 8.28. The molecule has 1 aliphatic rings. The van der Waals surface area contributed by atoms with Gasteiger partial charge in [-0.25, -0.2) is 5.43 Å². The lowest BCUT2D eigenvalue weighted by Crippen LogP contribution is -2.37. The van der Waals surface area contributed by atoms with E-state index < -0.39 is 11.8 Å². The predicted octanol–water partition coefficient (Wildman–Crippen LogP) is 3.28. The van der Waals surface area contributed by atoms with Gasteiger partial charge in [-0.15, -0.1) is 0 Å². The van der Waals surface area contributed by atoms with Gasteiger partial charge in [-0.2, -0.15) is 5.10 Å². The number of hydrogen-bond donors (Lipinski definition) is 3. The minimum atomic E-state index is -0.925. The maximum absolute atomic E-state index is 12.3. The summed E-state index contributed by atoms with van der Waals surface area (Å²) in [4.78, 5) is 36.5. The zero-order valence-electron chi connectivity index (χ0n) is 21.1. The number of rotatable bonds is 9. The molecule has 0 saturated heterocycles. The molecule has 39 heavy (non-hydrogen) atoms. The van der Waals surface area contributed by atoms with Crippen molar-refractivity contribution in [3.63, 3.8) is 0 Å². The Hall–Kier alpha value is -4.58. The Labute approximate surface area is 232 Å². The number of hydrazone groups is 1. The van der Waals surface area contributed by atoms with Crippen molar-refractivity contribution in [3.05, 3.63) is 75.8 Å². The molecule has 12 heteroatoms. The van der Waals surface area contributed by atoms with Crippen LogP contribution in [0.1, 0.15) is 16.7 Å². The van der Waals surface area contributed by atoms with Crippen molar-refractivity contribution in [3.8, 4) is 23.0 Å². The highest BCUT2D eigenvalue weighted by Gasteiger charge is 2.16. The first-order chi connectivity index (χ1) is 18.8. The summed E-state index contributed by atoms with van der Waals surface area (Å²) in [6.45, 7) is 1.95. The van der Waals surface area contributed by atoms with E-state index in [1.54, 1.807) is 42.5 Å². The summed E-state index contributed by atoms with van der Waals surface area (Å²) in [5, 5.41) is 9.14. The normalized spacial score (nSPS) is 11.7. The number of nitrogens with one attached hydrogen (secondary N) is 3. The molecule has 0 atom stereocenters. The van der Waals surface area contributed by atoms with Crippen LogP contribution in [0.15, 0.2) is 64.2 Å². The molecule has 3 amide bonds.